The van der Waals surface area contributed by atoms with Crippen molar-refractivity contribution in [2.75, 3.05) is 26.2 Å². The van der Waals surface area contributed by atoms with Crippen LogP contribution < -0.4 is 0 Å². The van der Waals surface area contributed by atoms with Gasteiger partial charge in [-0.15, -0.1) is 0 Å². The van der Waals surface area contributed by atoms with Gasteiger partial charge in [0.25, 0.3) is 0 Å². The second kappa shape index (κ2) is 7.86. The van der Waals surface area contributed by atoms with E-state index < -0.39 is 11.6 Å². The summed E-state index contributed by atoms with van der Waals surface area (Å²) in [5.74, 6) is -1.45. The molecule has 2 aliphatic rings. The molecule has 1 aromatic heterocycles. The van der Waals surface area contributed by atoms with E-state index >= 15 is 0 Å². The first-order valence-corrected chi connectivity index (χ1v) is 10.3. The standard InChI is InChI=1S/C22H28F2N4O/c1-16-11-17(2)28(25-16)13-20(29)27-10-8-22(15-27)7-4-9-26(14-22)12-18-5-3-6-19(23)21(18)24/h3,5-6,11H,4,7-10,12-15H2,1-2H3/t22-/m0/s1. The third-order valence-corrected chi connectivity index (χ3v) is 6.35. The molecule has 3 heterocycles. The molecule has 0 aliphatic carbocycles. The molecule has 1 spiro atoms. The summed E-state index contributed by atoms with van der Waals surface area (Å²) in [7, 11) is 0. The maximum atomic E-state index is 14.1. The highest BCUT2D eigenvalue weighted by atomic mass is 19.2. The van der Waals surface area contributed by atoms with Gasteiger partial charge in [0.05, 0.1) is 5.69 Å². The van der Waals surface area contributed by atoms with Crippen molar-refractivity contribution in [1.29, 1.82) is 0 Å². The highest BCUT2D eigenvalue weighted by Gasteiger charge is 2.42. The molecule has 5 nitrogen and oxygen atoms in total. The van der Waals surface area contributed by atoms with Gasteiger partial charge in [-0.25, -0.2) is 8.78 Å². The maximum Gasteiger partial charge on any atom is 0.244 e. The molecule has 2 aromatic rings. The van der Waals surface area contributed by atoms with Crippen molar-refractivity contribution in [3.05, 3.63) is 52.9 Å². The molecule has 2 saturated heterocycles. The van der Waals surface area contributed by atoms with E-state index in [4.69, 9.17) is 0 Å². The van der Waals surface area contributed by atoms with Crippen molar-refractivity contribution in [2.24, 2.45) is 5.41 Å². The lowest BCUT2D eigenvalue weighted by Gasteiger charge is -2.40. The minimum absolute atomic E-state index is 0.0484. The molecule has 1 aromatic carbocycles. The van der Waals surface area contributed by atoms with Gasteiger partial charge in [-0.1, -0.05) is 12.1 Å². The van der Waals surface area contributed by atoms with E-state index in [-0.39, 0.29) is 17.9 Å². The van der Waals surface area contributed by atoms with E-state index in [9.17, 15) is 13.6 Å². The summed E-state index contributed by atoms with van der Waals surface area (Å²) in [5.41, 5.74) is 2.36. The van der Waals surface area contributed by atoms with Gasteiger partial charge in [-0.05, 0) is 51.8 Å². The molecule has 0 unspecified atom stereocenters. The average molecular weight is 402 g/mol. The Hall–Kier alpha value is -2.28. The molecule has 0 radical (unpaired) electrons. The molecule has 0 saturated carbocycles. The molecule has 2 fully saturated rings. The second-order valence-corrected chi connectivity index (χ2v) is 8.68. The number of hydrogen-bond donors (Lipinski definition) is 0. The quantitative estimate of drug-likeness (QED) is 0.788. The van der Waals surface area contributed by atoms with Crippen molar-refractivity contribution in [3.8, 4) is 0 Å². The van der Waals surface area contributed by atoms with Crippen molar-refractivity contribution >= 4 is 5.91 Å². The molecule has 0 N–H and O–H groups in total. The van der Waals surface area contributed by atoms with Crippen LogP contribution in [0.4, 0.5) is 8.78 Å². The first kappa shape index (κ1) is 20.0. The number of hydrogen-bond acceptors (Lipinski definition) is 3. The van der Waals surface area contributed by atoms with E-state index in [2.05, 4.69) is 10.00 Å². The van der Waals surface area contributed by atoms with Crippen LogP contribution >= 0.6 is 0 Å². The van der Waals surface area contributed by atoms with Crippen LogP contribution in [-0.2, 0) is 17.9 Å². The summed E-state index contributed by atoms with van der Waals surface area (Å²) < 4.78 is 29.4. The Morgan fingerprint density at radius 2 is 2.00 bits per heavy atom. The second-order valence-electron chi connectivity index (χ2n) is 8.68. The number of nitrogens with zero attached hydrogens (tertiary/aromatic N) is 4. The van der Waals surface area contributed by atoms with Crippen LogP contribution in [0.1, 0.15) is 36.2 Å². The summed E-state index contributed by atoms with van der Waals surface area (Å²) in [5, 5.41) is 4.39. The zero-order valence-electron chi connectivity index (χ0n) is 17.1. The maximum absolute atomic E-state index is 14.1. The van der Waals surface area contributed by atoms with Gasteiger partial charge in [0.1, 0.15) is 6.54 Å². The van der Waals surface area contributed by atoms with Crippen LogP contribution in [0.15, 0.2) is 24.3 Å². The fraction of sp³-hybridized carbons (Fsp3) is 0.545. The van der Waals surface area contributed by atoms with E-state index in [1.165, 1.54) is 0 Å². The third kappa shape index (κ3) is 4.20. The van der Waals surface area contributed by atoms with E-state index in [1.54, 1.807) is 16.8 Å². The predicted molar refractivity (Wildman–Crippen MR) is 106 cm³/mol. The van der Waals surface area contributed by atoms with Gasteiger partial charge >= 0.3 is 0 Å². The lowest BCUT2D eigenvalue weighted by atomic mass is 9.79. The van der Waals surface area contributed by atoms with Crippen molar-refractivity contribution in [1.82, 2.24) is 19.6 Å². The van der Waals surface area contributed by atoms with E-state index in [1.807, 2.05) is 24.8 Å². The summed E-state index contributed by atoms with van der Waals surface area (Å²) in [4.78, 5) is 17.0. The van der Waals surface area contributed by atoms with E-state index in [0.29, 0.717) is 12.1 Å². The van der Waals surface area contributed by atoms with Gasteiger partial charge in [0, 0.05) is 42.9 Å². The lowest BCUT2D eigenvalue weighted by Crippen LogP contribution is -2.45. The fourth-order valence-electron chi connectivity index (χ4n) is 4.90. The minimum Gasteiger partial charge on any atom is -0.340 e. The van der Waals surface area contributed by atoms with E-state index in [0.717, 1.165) is 62.9 Å². The highest BCUT2D eigenvalue weighted by Crippen LogP contribution is 2.39. The lowest BCUT2D eigenvalue weighted by molar-refractivity contribution is -0.131. The Morgan fingerprint density at radius 1 is 1.17 bits per heavy atom. The molecule has 156 valence electrons. The first-order chi connectivity index (χ1) is 13.8. The molecular weight excluding hydrogens is 374 g/mol. The fourth-order valence-corrected chi connectivity index (χ4v) is 4.90. The van der Waals surface area contributed by atoms with Gasteiger partial charge in [-0.2, -0.15) is 5.10 Å². The van der Waals surface area contributed by atoms with Gasteiger partial charge in [-0.3, -0.25) is 14.4 Å². The zero-order chi connectivity index (χ0) is 20.6. The Morgan fingerprint density at radius 3 is 2.76 bits per heavy atom. The number of piperidine rings is 1. The zero-order valence-corrected chi connectivity index (χ0v) is 17.1. The van der Waals surface area contributed by atoms with Crippen LogP contribution in [-0.4, -0.2) is 51.7 Å². The number of aromatic nitrogens is 2. The third-order valence-electron chi connectivity index (χ3n) is 6.35. The summed E-state index contributed by atoms with van der Waals surface area (Å²) in [6, 6.07) is 6.34. The number of rotatable bonds is 4. The smallest absolute Gasteiger partial charge is 0.244 e. The van der Waals surface area contributed by atoms with Crippen LogP contribution in [0.25, 0.3) is 0 Å². The Balaban J connectivity index is 1.39. The highest BCUT2D eigenvalue weighted by molar-refractivity contribution is 5.76. The normalized spacial score (nSPS) is 22.6. The molecule has 4 rings (SSSR count). The number of benzene rings is 1. The average Bonchev–Trinajstić information content (AvgIpc) is 3.22. The molecule has 7 heteroatoms. The van der Waals surface area contributed by atoms with Gasteiger partial charge in [0.15, 0.2) is 11.6 Å². The van der Waals surface area contributed by atoms with Crippen molar-refractivity contribution in [3.63, 3.8) is 0 Å². The summed E-state index contributed by atoms with van der Waals surface area (Å²) >= 11 is 0. The Labute approximate surface area is 170 Å². The summed E-state index contributed by atoms with van der Waals surface area (Å²) in [6.07, 6.45) is 3.03. The predicted octanol–water partition coefficient (Wildman–Crippen LogP) is 3.29. The number of aryl methyl sites for hydroxylation is 2. The van der Waals surface area contributed by atoms with Crippen molar-refractivity contribution in [2.45, 2.75) is 46.2 Å². The first-order valence-electron chi connectivity index (χ1n) is 10.3. The molecule has 29 heavy (non-hydrogen) atoms. The van der Waals surface area contributed by atoms with Crippen molar-refractivity contribution < 1.29 is 13.6 Å². The Bertz CT molecular complexity index is 912. The Kier molecular flexibility index (Phi) is 5.42. The number of likely N-dealkylation sites (tertiary alicyclic amines) is 2. The van der Waals surface area contributed by atoms with Crippen LogP contribution in [0.5, 0.6) is 0 Å². The number of halogens is 2. The monoisotopic (exact) mass is 402 g/mol. The molecular formula is C22H28F2N4O. The minimum atomic E-state index is -0.795. The molecule has 2 aliphatic heterocycles. The molecule has 1 atom stereocenters. The SMILES string of the molecule is Cc1cc(C)n(CC(=O)N2CC[C@]3(CCCN(Cc4cccc(F)c4F)C3)C2)n1. The van der Waals surface area contributed by atoms with Gasteiger partial charge < -0.3 is 4.90 Å². The molecule has 1 amide bonds. The van der Waals surface area contributed by atoms with Crippen LogP contribution in [0.3, 0.4) is 0 Å². The largest absolute Gasteiger partial charge is 0.340 e. The topological polar surface area (TPSA) is 41.4 Å². The van der Waals surface area contributed by atoms with Crippen LogP contribution in [0.2, 0.25) is 0 Å². The van der Waals surface area contributed by atoms with Gasteiger partial charge in [0.2, 0.25) is 5.91 Å². The van der Waals surface area contributed by atoms with Crippen LogP contribution in [0, 0.1) is 30.9 Å². The molecule has 0 bridgehead atoms. The summed E-state index contributed by atoms with van der Waals surface area (Å²) in [6.45, 7) is 7.73. The number of amides is 1. The number of carbonyl (C=O) groups is 1. The number of carbonyl (C=O) groups excluding carboxylic acids is 1.